The van der Waals surface area contributed by atoms with Crippen LogP contribution in [0.3, 0.4) is 0 Å². The number of phenols is 1. The molecule has 1 N–H and O–H groups in total. The predicted octanol–water partition coefficient (Wildman–Crippen LogP) is 7.77. The highest BCUT2D eigenvalue weighted by atomic mass is 16.3. The van der Waals surface area contributed by atoms with Gasteiger partial charge in [-0.25, -0.2) is 0 Å². The maximum atomic E-state index is 11.0. The van der Waals surface area contributed by atoms with Gasteiger partial charge in [-0.1, -0.05) is 88.6 Å². The first-order valence-electron chi connectivity index (χ1n) is 10.4. The summed E-state index contributed by atoms with van der Waals surface area (Å²) in [4.78, 5) is 0. The van der Waals surface area contributed by atoms with E-state index in [0.29, 0.717) is 5.75 Å². The monoisotopic (exact) mass is 360 g/mol. The molecule has 0 saturated heterocycles. The molecule has 0 aliphatic carbocycles. The van der Waals surface area contributed by atoms with Crippen molar-refractivity contribution in [3.8, 4) is 5.75 Å². The molecular weight excluding hydrogens is 316 g/mol. The lowest BCUT2D eigenvalue weighted by Crippen LogP contribution is -2.33. The Labute approximate surface area is 163 Å². The summed E-state index contributed by atoms with van der Waals surface area (Å²) < 4.78 is 0. The van der Waals surface area contributed by atoms with Gasteiger partial charge in [0.25, 0.3) is 0 Å². The Morgan fingerprint density at radius 2 is 1.12 bits per heavy atom. The van der Waals surface area contributed by atoms with Crippen LogP contribution in [0.5, 0.6) is 5.75 Å². The molecule has 1 aromatic carbocycles. The second-order valence-electron chi connectivity index (χ2n) is 12.0. The van der Waals surface area contributed by atoms with Gasteiger partial charge in [0.05, 0.1) is 0 Å². The Morgan fingerprint density at radius 1 is 0.692 bits per heavy atom. The standard InChI is InChI=1S/C25H44O/c1-12-13-18-14-15-19(26)21(25(10,11)17-23(5,6)7)20(18)24(8,9)16-22(2,3)4/h14-15,26H,12-13,16-17H2,1-11H3. The van der Waals surface area contributed by atoms with E-state index in [1.165, 1.54) is 16.7 Å². The van der Waals surface area contributed by atoms with E-state index < -0.39 is 0 Å². The predicted molar refractivity (Wildman–Crippen MR) is 116 cm³/mol. The van der Waals surface area contributed by atoms with Crippen molar-refractivity contribution in [2.75, 3.05) is 0 Å². The van der Waals surface area contributed by atoms with E-state index in [0.717, 1.165) is 25.7 Å². The fourth-order valence-electron chi connectivity index (χ4n) is 5.40. The van der Waals surface area contributed by atoms with Crippen molar-refractivity contribution in [2.45, 2.75) is 113 Å². The minimum atomic E-state index is -0.0728. The van der Waals surface area contributed by atoms with E-state index in [2.05, 4.69) is 82.2 Å². The molecule has 0 atom stereocenters. The Bertz CT molecular complexity index is 606. The third kappa shape index (κ3) is 6.03. The van der Waals surface area contributed by atoms with Crippen LogP contribution in [0.15, 0.2) is 12.1 Å². The molecule has 0 aliphatic heterocycles. The van der Waals surface area contributed by atoms with Crippen LogP contribution in [-0.2, 0) is 17.3 Å². The van der Waals surface area contributed by atoms with E-state index in [9.17, 15) is 5.11 Å². The van der Waals surface area contributed by atoms with E-state index in [-0.39, 0.29) is 21.7 Å². The summed E-state index contributed by atoms with van der Waals surface area (Å²) in [7, 11) is 0. The lowest BCUT2D eigenvalue weighted by atomic mass is 9.63. The molecule has 0 bridgehead atoms. The van der Waals surface area contributed by atoms with Crippen molar-refractivity contribution >= 4 is 0 Å². The molecule has 26 heavy (non-hydrogen) atoms. The maximum Gasteiger partial charge on any atom is 0.119 e. The van der Waals surface area contributed by atoms with Crippen molar-refractivity contribution in [1.82, 2.24) is 0 Å². The fraction of sp³-hybridized carbons (Fsp3) is 0.760. The lowest BCUT2D eigenvalue weighted by Gasteiger charge is -2.41. The molecule has 1 heteroatoms. The van der Waals surface area contributed by atoms with Gasteiger partial charge in [-0.15, -0.1) is 0 Å². The van der Waals surface area contributed by atoms with Gasteiger partial charge >= 0.3 is 0 Å². The van der Waals surface area contributed by atoms with Crippen LogP contribution < -0.4 is 0 Å². The average molecular weight is 361 g/mol. The second kappa shape index (κ2) is 7.56. The molecule has 0 heterocycles. The number of phenolic OH excluding ortho intramolecular Hbond substituents is 1. The Kier molecular flexibility index (Phi) is 6.71. The smallest absolute Gasteiger partial charge is 0.119 e. The van der Waals surface area contributed by atoms with Crippen LogP contribution in [0.2, 0.25) is 0 Å². The summed E-state index contributed by atoms with van der Waals surface area (Å²) in [6.45, 7) is 25.4. The number of benzene rings is 1. The van der Waals surface area contributed by atoms with Crippen molar-refractivity contribution in [3.05, 3.63) is 28.8 Å². The first-order valence-corrected chi connectivity index (χ1v) is 10.4. The van der Waals surface area contributed by atoms with Gasteiger partial charge < -0.3 is 5.11 Å². The molecule has 0 aromatic heterocycles. The molecule has 1 rings (SSSR count). The normalized spacial score (nSPS) is 14.0. The first kappa shape index (κ1) is 23.1. The Morgan fingerprint density at radius 3 is 1.50 bits per heavy atom. The number of hydrogen-bond acceptors (Lipinski definition) is 1. The highest BCUT2D eigenvalue weighted by molar-refractivity contribution is 5.52. The summed E-state index contributed by atoms with van der Waals surface area (Å²) in [5.74, 6) is 0.469. The third-order valence-corrected chi connectivity index (χ3v) is 5.09. The zero-order chi connectivity index (χ0) is 20.6. The topological polar surface area (TPSA) is 20.2 Å². The van der Waals surface area contributed by atoms with Crippen molar-refractivity contribution in [1.29, 1.82) is 0 Å². The van der Waals surface area contributed by atoms with Gasteiger partial charge in [-0.2, -0.15) is 0 Å². The first-order chi connectivity index (χ1) is 11.5. The van der Waals surface area contributed by atoms with E-state index in [1.54, 1.807) is 0 Å². The van der Waals surface area contributed by atoms with E-state index >= 15 is 0 Å². The average Bonchev–Trinajstić information content (AvgIpc) is 2.34. The summed E-state index contributed by atoms with van der Waals surface area (Å²) in [5, 5.41) is 11.0. The van der Waals surface area contributed by atoms with Crippen LogP contribution in [0.1, 0.15) is 112 Å². The second-order valence-corrected chi connectivity index (χ2v) is 12.0. The summed E-state index contributed by atoms with van der Waals surface area (Å²) >= 11 is 0. The Balaban J connectivity index is 3.72. The largest absolute Gasteiger partial charge is 0.508 e. The maximum absolute atomic E-state index is 11.0. The van der Waals surface area contributed by atoms with Gasteiger partial charge in [-0.3, -0.25) is 0 Å². The lowest BCUT2D eigenvalue weighted by molar-refractivity contribution is 0.258. The van der Waals surface area contributed by atoms with Crippen molar-refractivity contribution in [2.24, 2.45) is 10.8 Å². The summed E-state index contributed by atoms with van der Waals surface area (Å²) in [6.07, 6.45) is 4.34. The van der Waals surface area contributed by atoms with E-state index in [4.69, 9.17) is 0 Å². The zero-order valence-electron chi connectivity index (χ0n) is 19.4. The summed E-state index contributed by atoms with van der Waals surface area (Å²) in [6, 6.07) is 4.09. The van der Waals surface area contributed by atoms with Crippen LogP contribution in [0, 0.1) is 10.8 Å². The quantitative estimate of drug-likeness (QED) is 0.549. The minimum Gasteiger partial charge on any atom is -0.508 e. The molecule has 0 radical (unpaired) electrons. The van der Waals surface area contributed by atoms with Gasteiger partial charge in [-0.05, 0) is 58.1 Å². The van der Waals surface area contributed by atoms with Crippen LogP contribution in [0.25, 0.3) is 0 Å². The highest BCUT2D eigenvalue weighted by Crippen LogP contribution is 2.48. The van der Waals surface area contributed by atoms with Crippen molar-refractivity contribution in [3.63, 3.8) is 0 Å². The third-order valence-electron chi connectivity index (χ3n) is 5.09. The SMILES string of the molecule is CCCc1ccc(O)c(C(C)(C)CC(C)(C)C)c1C(C)(C)CC(C)(C)C. The van der Waals surface area contributed by atoms with Crippen LogP contribution >= 0.6 is 0 Å². The zero-order valence-corrected chi connectivity index (χ0v) is 19.4. The highest BCUT2D eigenvalue weighted by Gasteiger charge is 2.38. The fourth-order valence-corrected chi connectivity index (χ4v) is 5.40. The molecule has 0 aliphatic rings. The van der Waals surface area contributed by atoms with E-state index in [1.807, 2.05) is 6.07 Å². The number of aryl methyl sites for hydroxylation is 1. The molecule has 0 spiro atoms. The molecule has 0 fully saturated rings. The molecule has 0 unspecified atom stereocenters. The van der Waals surface area contributed by atoms with Gasteiger partial charge in [0.2, 0.25) is 0 Å². The molecule has 1 nitrogen and oxygen atoms in total. The molecule has 0 amide bonds. The number of aromatic hydroxyl groups is 1. The van der Waals surface area contributed by atoms with Gasteiger partial charge in [0.15, 0.2) is 0 Å². The minimum absolute atomic E-state index is 0.0198. The molecule has 150 valence electrons. The number of rotatable bonds is 6. The van der Waals surface area contributed by atoms with Gasteiger partial charge in [0, 0.05) is 5.56 Å². The summed E-state index contributed by atoms with van der Waals surface area (Å²) in [5.41, 5.74) is 4.38. The molecular formula is C25H44O. The van der Waals surface area contributed by atoms with Gasteiger partial charge in [0.1, 0.15) is 5.75 Å². The van der Waals surface area contributed by atoms with Crippen molar-refractivity contribution < 1.29 is 5.11 Å². The Hall–Kier alpha value is -0.980. The molecule has 1 aromatic rings. The van der Waals surface area contributed by atoms with Crippen LogP contribution in [0.4, 0.5) is 0 Å². The number of hydrogen-bond donors (Lipinski definition) is 1. The molecule has 0 saturated carbocycles. The van der Waals surface area contributed by atoms with Crippen LogP contribution in [-0.4, -0.2) is 5.11 Å².